The van der Waals surface area contributed by atoms with Crippen LogP contribution in [0.4, 0.5) is 5.69 Å². The van der Waals surface area contributed by atoms with Crippen LogP contribution in [-0.2, 0) is 0 Å². The number of nitrogens with one attached hydrogen (secondary N) is 1. The van der Waals surface area contributed by atoms with Gasteiger partial charge in [-0.15, -0.1) is 0 Å². The lowest BCUT2D eigenvalue weighted by Gasteiger charge is -2.13. The van der Waals surface area contributed by atoms with Gasteiger partial charge in [-0.3, -0.25) is 4.79 Å². The highest BCUT2D eigenvalue weighted by atomic mass is 16.5. The fraction of sp³-hybridized carbons (Fsp3) is 0.235. The molecule has 0 atom stereocenters. The van der Waals surface area contributed by atoms with Gasteiger partial charge in [0.05, 0.1) is 12.2 Å². The van der Waals surface area contributed by atoms with E-state index in [1.807, 2.05) is 57.2 Å². The second kappa shape index (κ2) is 6.24. The third-order valence-corrected chi connectivity index (χ3v) is 3.15. The maximum atomic E-state index is 12.4. The molecule has 0 bridgehead atoms. The highest BCUT2D eigenvalue weighted by molar-refractivity contribution is 6.06. The number of aryl methyl sites for hydroxylation is 2. The first-order valence-corrected chi connectivity index (χ1v) is 6.73. The highest BCUT2D eigenvalue weighted by Gasteiger charge is 2.13. The summed E-state index contributed by atoms with van der Waals surface area (Å²) in [5.74, 6) is 0.463. The van der Waals surface area contributed by atoms with E-state index in [9.17, 15) is 4.79 Å². The van der Waals surface area contributed by atoms with Gasteiger partial charge >= 0.3 is 0 Å². The lowest BCUT2D eigenvalue weighted by atomic mass is 10.1. The molecule has 0 aliphatic heterocycles. The first kappa shape index (κ1) is 14.1. The summed E-state index contributed by atoms with van der Waals surface area (Å²) in [6, 6.07) is 13.2. The van der Waals surface area contributed by atoms with E-state index in [0.717, 1.165) is 16.8 Å². The van der Waals surface area contributed by atoms with Crippen molar-refractivity contribution < 1.29 is 9.53 Å². The number of anilines is 1. The lowest BCUT2D eigenvalue weighted by molar-refractivity contribution is 0.102. The van der Waals surface area contributed by atoms with Gasteiger partial charge in [0.25, 0.3) is 5.91 Å². The normalized spacial score (nSPS) is 10.2. The number of carbonyl (C=O) groups is 1. The molecule has 1 amide bonds. The Morgan fingerprint density at radius 3 is 2.35 bits per heavy atom. The van der Waals surface area contributed by atoms with E-state index in [0.29, 0.717) is 17.9 Å². The van der Waals surface area contributed by atoms with Crippen molar-refractivity contribution in [2.45, 2.75) is 20.8 Å². The molecule has 0 spiro atoms. The Kier molecular flexibility index (Phi) is 4.41. The Morgan fingerprint density at radius 1 is 1.05 bits per heavy atom. The molecular formula is C17H19NO2. The topological polar surface area (TPSA) is 38.3 Å². The number of hydrogen-bond donors (Lipinski definition) is 1. The Labute approximate surface area is 119 Å². The van der Waals surface area contributed by atoms with E-state index in [1.165, 1.54) is 0 Å². The number of rotatable bonds is 4. The maximum absolute atomic E-state index is 12.4. The summed E-state index contributed by atoms with van der Waals surface area (Å²) in [6.45, 7) is 6.40. The summed E-state index contributed by atoms with van der Waals surface area (Å²) < 4.78 is 5.50. The van der Waals surface area contributed by atoms with E-state index in [-0.39, 0.29) is 5.91 Å². The second-order valence-electron chi connectivity index (χ2n) is 4.65. The zero-order chi connectivity index (χ0) is 14.5. The van der Waals surface area contributed by atoms with Crippen molar-refractivity contribution in [3.05, 3.63) is 59.2 Å². The molecule has 20 heavy (non-hydrogen) atoms. The Morgan fingerprint density at radius 2 is 1.70 bits per heavy atom. The minimum atomic E-state index is -0.147. The Bertz CT molecular complexity index is 600. The maximum Gasteiger partial charge on any atom is 0.259 e. The summed E-state index contributed by atoms with van der Waals surface area (Å²) >= 11 is 0. The number of ether oxygens (including phenoxy) is 1. The van der Waals surface area contributed by atoms with Crippen LogP contribution < -0.4 is 10.1 Å². The molecule has 1 N–H and O–H groups in total. The van der Waals surface area contributed by atoms with Crippen LogP contribution in [0.3, 0.4) is 0 Å². The molecule has 104 valence electrons. The summed E-state index contributed by atoms with van der Waals surface area (Å²) in [4.78, 5) is 12.4. The smallest absolute Gasteiger partial charge is 0.259 e. The van der Waals surface area contributed by atoms with Crippen molar-refractivity contribution in [3.63, 3.8) is 0 Å². The SMILES string of the molecule is CCOc1ccccc1C(=O)Nc1c(C)cccc1C. The summed E-state index contributed by atoms with van der Waals surface area (Å²) in [5, 5.41) is 2.97. The molecule has 2 aromatic carbocycles. The van der Waals surface area contributed by atoms with Gasteiger partial charge in [-0.1, -0.05) is 30.3 Å². The van der Waals surface area contributed by atoms with E-state index in [1.54, 1.807) is 6.07 Å². The molecule has 0 aliphatic carbocycles. The largest absolute Gasteiger partial charge is 0.493 e. The van der Waals surface area contributed by atoms with Gasteiger partial charge in [-0.2, -0.15) is 0 Å². The minimum absolute atomic E-state index is 0.147. The van der Waals surface area contributed by atoms with Crippen molar-refractivity contribution in [2.24, 2.45) is 0 Å². The highest BCUT2D eigenvalue weighted by Crippen LogP contribution is 2.23. The van der Waals surface area contributed by atoms with E-state index in [2.05, 4.69) is 5.32 Å². The van der Waals surface area contributed by atoms with Crippen LogP contribution in [0.15, 0.2) is 42.5 Å². The number of amides is 1. The lowest BCUT2D eigenvalue weighted by Crippen LogP contribution is -2.15. The van der Waals surface area contributed by atoms with Crippen molar-refractivity contribution >= 4 is 11.6 Å². The van der Waals surface area contributed by atoms with Gasteiger partial charge in [0.1, 0.15) is 5.75 Å². The predicted molar refractivity (Wildman–Crippen MR) is 81.5 cm³/mol. The number of benzene rings is 2. The average molecular weight is 269 g/mol. The molecule has 2 aromatic rings. The van der Waals surface area contributed by atoms with Crippen LogP contribution in [0.2, 0.25) is 0 Å². The van der Waals surface area contributed by atoms with Gasteiger partial charge in [-0.05, 0) is 44.0 Å². The molecule has 0 saturated carbocycles. The molecule has 0 heterocycles. The van der Waals surface area contributed by atoms with Gasteiger partial charge < -0.3 is 10.1 Å². The van der Waals surface area contributed by atoms with Crippen LogP contribution in [0.1, 0.15) is 28.4 Å². The van der Waals surface area contributed by atoms with Crippen LogP contribution in [0.25, 0.3) is 0 Å². The van der Waals surface area contributed by atoms with Crippen LogP contribution in [-0.4, -0.2) is 12.5 Å². The third-order valence-electron chi connectivity index (χ3n) is 3.15. The molecule has 0 aliphatic rings. The summed E-state index contributed by atoms with van der Waals surface area (Å²) in [6.07, 6.45) is 0. The molecule has 0 fully saturated rings. The van der Waals surface area contributed by atoms with Gasteiger partial charge in [0.2, 0.25) is 0 Å². The molecule has 0 radical (unpaired) electrons. The zero-order valence-corrected chi connectivity index (χ0v) is 12.1. The fourth-order valence-electron chi connectivity index (χ4n) is 2.13. The molecule has 0 saturated heterocycles. The number of para-hydroxylation sites is 2. The van der Waals surface area contributed by atoms with Crippen LogP contribution >= 0.6 is 0 Å². The Balaban J connectivity index is 2.29. The van der Waals surface area contributed by atoms with Gasteiger partial charge in [0, 0.05) is 5.69 Å². The van der Waals surface area contributed by atoms with Crippen molar-refractivity contribution in [1.82, 2.24) is 0 Å². The molecule has 2 rings (SSSR count). The summed E-state index contributed by atoms with van der Waals surface area (Å²) in [5.41, 5.74) is 3.51. The van der Waals surface area contributed by atoms with Crippen molar-refractivity contribution in [2.75, 3.05) is 11.9 Å². The predicted octanol–water partition coefficient (Wildman–Crippen LogP) is 3.95. The fourth-order valence-corrected chi connectivity index (χ4v) is 2.13. The first-order chi connectivity index (χ1) is 9.63. The standard InChI is InChI=1S/C17H19NO2/c1-4-20-15-11-6-5-10-14(15)17(19)18-16-12(2)8-7-9-13(16)3/h5-11H,4H2,1-3H3,(H,18,19). The third kappa shape index (κ3) is 2.99. The number of hydrogen-bond acceptors (Lipinski definition) is 2. The number of carbonyl (C=O) groups excluding carboxylic acids is 1. The van der Waals surface area contributed by atoms with Crippen molar-refractivity contribution in [1.29, 1.82) is 0 Å². The summed E-state index contributed by atoms with van der Waals surface area (Å²) in [7, 11) is 0. The zero-order valence-electron chi connectivity index (χ0n) is 12.1. The van der Waals surface area contributed by atoms with E-state index < -0.39 is 0 Å². The van der Waals surface area contributed by atoms with E-state index in [4.69, 9.17) is 4.74 Å². The first-order valence-electron chi connectivity index (χ1n) is 6.73. The van der Waals surface area contributed by atoms with Gasteiger partial charge in [0.15, 0.2) is 0 Å². The monoisotopic (exact) mass is 269 g/mol. The van der Waals surface area contributed by atoms with Gasteiger partial charge in [-0.25, -0.2) is 0 Å². The second-order valence-corrected chi connectivity index (χ2v) is 4.65. The van der Waals surface area contributed by atoms with E-state index >= 15 is 0 Å². The average Bonchev–Trinajstić information content (AvgIpc) is 2.44. The molecule has 3 heteroatoms. The van der Waals surface area contributed by atoms with Crippen LogP contribution in [0, 0.1) is 13.8 Å². The molecule has 0 unspecified atom stereocenters. The Hall–Kier alpha value is -2.29. The van der Waals surface area contributed by atoms with Crippen molar-refractivity contribution in [3.8, 4) is 5.75 Å². The molecule has 3 nitrogen and oxygen atoms in total. The molecular weight excluding hydrogens is 250 g/mol. The molecule has 0 aromatic heterocycles. The van der Waals surface area contributed by atoms with Crippen LogP contribution in [0.5, 0.6) is 5.75 Å². The quantitative estimate of drug-likeness (QED) is 0.912. The minimum Gasteiger partial charge on any atom is -0.493 e.